The molecular formula is C10H16O2. The van der Waals surface area contributed by atoms with Crippen molar-refractivity contribution in [3.63, 3.8) is 0 Å². The predicted octanol–water partition coefficient (Wildman–Crippen LogP) is 2.01. The quantitative estimate of drug-likeness (QED) is 0.698. The molecule has 0 saturated heterocycles. The minimum absolute atomic E-state index is 0.350. The van der Waals surface area contributed by atoms with Crippen LogP contribution >= 0.6 is 0 Å². The Hall–Kier alpha value is -0.760. The van der Waals surface area contributed by atoms with Crippen LogP contribution < -0.4 is 0 Å². The fourth-order valence-electron chi connectivity index (χ4n) is 0.956. The number of rotatable bonds is 3. The second-order valence-electron chi connectivity index (χ2n) is 3.69. The van der Waals surface area contributed by atoms with Crippen LogP contribution in [0.25, 0.3) is 0 Å². The van der Waals surface area contributed by atoms with Gasteiger partial charge in [0.25, 0.3) is 0 Å². The molecule has 68 valence electrons. The molecule has 1 rings (SSSR count). The molecule has 2 nitrogen and oxygen atoms in total. The maximum Gasteiger partial charge on any atom is 0.116 e. The molecule has 0 atom stereocenters. The minimum atomic E-state index is -0.744. The molecule has 1 aliphatic rings. The number of hydrogen-bond donors (Lipinski definition) is 1. The molecule has 0 aromatic heterocycles. The Morgan fingerprint density at radius 1 is 1.50 bits per heavy atom. The monoisotopic (exact) mass is 168 g/mol. The highest BCUT2D eigenvalue weighted by atomic mass is 16.5. The van der Waals surface area contributed by atoms with Crippen LogP contribution in [0, 0.1) is 0 Å². The first-order valence-corrected chi connectivity index (χ1v) is 4.30. The van der Waals surface area contributed by atoms with Crippen molar-refractivity contribution in [2.24, 2.45) is 0 Å². The van der Waals surface area contributed by atoms with Crippen molar-refractivity contribution in [3.8, 4) is 0 Å². The number of hydrogen-bond acceptors (Lipinski definition) is 2. The Balaban J connectivity index is 2.32. The Bertz CT molecular complexity index is 196. The second-order valence-corrected chi connectivity index (χ2v) is 3.69. The third-order valence-corrected chi connectivity index (χ3v) is 1.55. The average Bonchev–Trinajstić information content (AvgIpc) is 2.02. The zero-order chi connectivity index (χ0) is 9.03. The third-order valence-electron chi connectivity index (χ3n) is 1.55. The van der Waals surface area contributed by atoms with Crippen molar-refractivity contribution < 1.29 is 9.84 Å². The van der Waals surface area contributed by atoms with E-state index in [1.54, 1.807) is 13.8 Å². The highest BCUT2D eigenvalue weighted by Crippen LogP contribution is 2.13. The molecule has 0 radical (unpaired) electrons. The van der Waals surface area contributed by atoms with Crippen LogP contribution in [0.1, 0.15) is 26.7 Å². The minimum Gasteiger partial charge on any atom is -0.491 e. The summed E-state index contributed by atoms with van der Waals surface area (Å²) in [5.41, 5.74) is -0.744. The van der Waals surface area contributed by atoms with E-state index in [1.807, 2.05) is 12.2 Å². The molecule has 12 heavy (non-hydrogen) atoms. The SMILES string of the molecule is CC(C)(O)COC1=CCCC=C1. The van der Waals surface area contributed by atoms with Crippen LogP contribution in [0.5, 0.6) is 0 Å². The molecule has 2 heteroatoms. The molecule has 0 unspecified atom stereocenters. The standard InChI is InChI=1S/C10H16O2/c1-10(2,11)8-12-9-6-4-3-5-7-9/h4,6-7,11H,3,5,8H2,1-2H3. The highest BCUT2D eigenvalue weighted by Gasteiger charge is 2.13. The van der Waals surface area contributed by atoms with Crippen LogP contribution in [0.15, 0.2) is 24.0 Å². The molecule has 0 fully saturated rings. The summed E-state index contributed by atoms with van der Waals surface area (Å²) in [5, 5.41) is 9.37. The van der Waals surface area contributed by atoms with Crippen LogP contribution in [-0.4, -0.2) is 17.3 Å². The number of allylic oxidation sites excluding steroid dienone is 3. The molecule has 0 saturated carbocycles. The summed E-state index contributed by atoms with van der Waals surface area (Å²) in [6.07, 6.45) is 8.22. The van der Waals surface area contributed by atoms with Gasteiger partial charge in [0.15, 0.2) is 0 Å². The Morgan fingerprint density at radius 2 is 2.25 bits per heavy atom. The topological polar surface area (TPSA) is 29.5 Å². The normalized spacial score (nSPS) is 17.4. The van der Waals surface area contributed by atoms with Crippen LogP contribution in [0.3, 0.4) is 0 Å². The van der Waals surface area contributed by atoms with E-state index in [1.165, 1.54) is 0 Å². The van der Waals surface area contributed by atoms with Crippen molar-refractivity contribution in [2.45, 2.75) is 32.3 Å². The van der Waals surface area contributed by atoms with Gasteiger partial charge in [0.1, 0.15) is 12.4 Å². The maximum absolute atomic E-state index is 9.37. The first-order chi connectivity index (χ1) is 5.58. The van der Waals surface area contributed by atoms with Gasteiger partial charge in [-0.3, -0.25) is 0 Å². The van der Waals surface area contributed by atoms with Crippen molar-refractivity contribution in [3.05, 3.63) is 24.0 Å². The van der Waals surface area contributed by atoms with Gasteiger partial charge < -0.3 is 9.84 Å². The summed E-state index contributed by atoms with van der Waals surface area (Å²) in [7, 11) is 0. The summed E-state index contributed by atoms with van der Waals surface area (Å²) in [4.78, 5) is 0. The zero-order valence-corrected chi connectivity index (χ0v) is 7.71. The molecule has 0 aliphatic heterocycles. The molecule has 0 bridgehead atoms. The van der Waals surface area contributed by atoms with Crippen molar-refractivity contribution in [2.75, 3.05) is 6.61 Å². The first kappa shape index (κ1) is 9.33. The van der Waals surface area contributed by atoms with E-state index in [2.05, 4.69) is 6.08 Å². The molecule has 0 heterocycles. The van der Waals surface area contributed by atoms with Crippen LogP contribution in [-0.2, 0) is 4.74 Å². The number of aliphatic hydroxyl groups is 1. The largest absolute Gasteiger partial charge is 0.491 e. The van der Waals surface area contributed by atoms with E-state index >= 15 is 0 Å². The number of ether oxygens (including phenoxy) is 1. The lowest BCUT2D eigenvalue weighted by Gasteiger charge is -2.19. The van der Waals surface area contributed by atoms with Gasteiger partial charge in [-0.15, -0.1) is 0 Å². The Kier molecular flexibility index (Phi) is 2.93. The Labute approximate surface area is 73.5 Å². The summed E-state index contributed by atoms with van der Waals surface area (Å²) >= 11 is 0. The van der Waals surface area contributed by atoms with Crippen molar-refractivity contribution in [1.29, 1.82) is 0 Å². The first-order valence-electron chi connectivity index (χ1n) is 4.30. The van der Waals surface area contributed by atoms with Crippen LogP contribution in [0.4, 0.5) is 0 Å². The smallest absolute Gasteiger partial charge is 0.116 e. The van der Waals surface area contributed by atoms with E-state index in [9.17, 15) is 5.11 Å². The molecule has 1 N–H and O–H groups in total. The van der Waals surface area contributed by atoms with Gasteiger partial charge in [0.05, 0.1) is 5.60 Å². The molecular weight excluding hydrogens is 152 g/mol. The fraction of sp³-hybridized carbons (Fsp3) is 0.600. The van der Waals surface area contributed by atoms with Gasteiger partial charge in [-0.1, -0.05) is 6.08 Å². The summed E-state index contributed by atoms with van der Waals surface area (Å²) in [6, 6.07) is 0. The molecule has 1 aliphatic carbocycles. The fourth-order valence-corrected chi connectivity index (χ4v) is 0.956. The van der Waals surface area contributed by atoms with E-state index in [0.29, 0.717) is 6.61 Å². The van der Waals surface area contributed by atoms with Gasteiger partial charge in [0.2, 0.25) is 0 Å². The summed E-state index contributed by atoms with van der Waals surface area (Å²) < 4.78 is 5.37. The predicted molar refractivity (Wildman–Crippen MR) is 48.7 cm³/mol. The van der Waals surface area contributed by atoms with Gasteiger partial charge in [-0.2, -0.15) is 0 Å². The average molecular weight is 168 g/mol. The summed E-state index contributed by atoms with van der Waals surface area (Å²) in [6.45, 7) is 3.82. The van der Waals surface area contributed by atoms with Crippen LogP contribution in [0.2, 0.25) is 0 Å². The van der Waals surface area contributed by atoms with Gasteiger partial charge in [-0.25, -0.2) is 0 Å². The molecule has 0 aromatic carbocycles. The summed E-state index contributed by atoms with van der Waals surface area (Å²) in [5.74, 6) is 0.878. The zero-order valence-electron chi connectivity index (χ0n) is 7.71. The lowest BCUT2D eigenvalue weighted by molar-refractivity contribution is 0.00545. The Morgan fingerprint density at radius 3 is 2.75 bits per heavy atom. The lowest BCUT2D eigenvalue weighted by atomic mass is 10.1. The molecule has 0 aromatic rings. The lowest BCUT2D eigenvalue weighted by Crippen LogP contribution is -2.25. The van der Waals surface area contributed by atoms with E-state index < -0.39 is 5.60 Å². The van der Waals surface area contributed by atoms with Crippen molar-refractivity contribution in [1.82, 2.24) is 0 Å². The van der Waals surface area contributed by atoms with Gasteiger partial charge in [0, 0.05) is 0 Å². The maximum atomic E-state index is 9.37. The van der Waals surface area contributed by atoms with Gasteiger partial charge >= 0.3 is 0 Å². The van der Waals surface area contributed by atoms with E-state index in [-0.39, 0.29) is 0 Å². The second kappa shape index (κ2) is 3.76. The van der Waals surface area contributed by atoms with E-state index in [0.717, 1.165) is 18.6 Å². The van der Waals surface area contributed by atoms with Gasteiger partial charge in [-0.05, 0) is 38.8 Å². The third kappa shape index (κ3) is 3.58. The van der Waals surface area contributed by atoms with E-state index in [4.69, 9.17) is 4.74 Å². The molecule has 0 spiro atoms. The van der Waals surface area contributed by atoms with Crippen molar-refractivity contribution >= 4 is 0 Å². The highest BCUT2D eigenvalue weighted by molar-refractivity contribution is 5.16. The molecule has 0 amide bonds.